The summed E-state index contributed by atoms with van der Waals surface area (Å²) in [5.74, 6) is -0.113. The molecule has 0 atom stereocenters. The van der Waals surface area contributed by atoms with Crippen molar-refractivity contribution in [2.24, 2.45) is 0 Å². The summed E-state index contributed by atoms with van der Waals surface area (Å²) in [6.07, 6.45) is 4.24. The lowest BCUT2D eigenvalue weighted by Crippen LogP contribution is -2.27. The van der Waals surface area contributed by atoms with E-state index in [0.717, 1.165) is 13.0 Å². The number of carbonyl (C=O) groups excluding carboxylic acids is 1. The Morgan fingerprint density at radius 3 is 2.92 bits per heavy atom. The summed E-state index contributed by atoms with van der Waals surface area (Å²) in [5.41, 5.74) is 1.09. The Morgan fingerprint density at radius 1 is 1.29 bits per heavy atom. The minimum absolute atomic E-state index is 0.186. The first-order valence-electron chi connectivity index (χ1n) is 7.78. The number of para-hydroxylation sites is 1. The van der Waals surface area contributed by atoms with Crippen molar-refractivity contribution in [2.75, 3.05) is 13.7 Å². The van der Waals surface area contributed by atoms with E-state index in [0.29, 0.717) is 6.54 Å². The van der Waals surface area contributed by atoms with Gasteiger partial charge in [-0.3, -0.25) is 9.59 Å². The third-order valence-corrected chi connectivity index (χ3v) is 3.88. The van der Waals surface area contributed by atoms with E-state index < -0.39 is 0 Å². The SMILES string of the molecule is COc1c[nH]c(C(=O)NCCCn2ccc3ccccc32)cc1=O. The van der Waals surface area contributed by atoms with Crippen LogP contribution < -0.4 is 15.5 Å². The minimum Gasteiger partial charge on any atom is -0.491 e. The maximum atomic E-state index is 12.0. The monoisotopic (exact) mass is 325 g/mol. The third kappa shape index (κ3) is 3.32. The van der Waals surface area contributed by atoms with Gasteiger partial charge in [0.05, 0.1) is 7.11 Å². The van der Waals surface area contributed by atoms with Crippen molar-refractivity contribution in [1.82, 2.24) is 14.9 Å². The number of aromatic amines is 1. The van der Waals surface area contributed by atoms with E-state index in [1.807, 2.05) is 18.3 Å². The van der Waals surface area contributed by atoms with Crippen molar-refractivity contribution in [1.29, 1.82) is 0 Å². The van der Waals surface area contributed by atoms with Crippen molar-refractivity contribution in [3.63, 3.8) is 0 Å². The lowest BCUT2D eigenvalue weighted by Gasteiger charge is -2.08. The molecule has 2 N–H and O–H groups in total. The standard InChI is InChI=1S/C18H19N3O3/c1-24-17-12-20-14(11-16(17)22)18(23)19-8-4-9-21-10-7-13-5-2-3-6-15(13)21/h2-3,5-7,10-12H,4,8-9H2,1H3,(H,19,23)(H,20,22). The van der Waals surface area contributed by atoms with Gasteiger partial charge in [-0.05, 0) is 23.9 Å². The van der Waals surface area contributed by atoms with Gasteiger partial charge in [0.2, 0.25) is 5.43 Å². The number of aromatic nitrogens is 2. The van der Waals surface area contributed by atoms with Crippen molar-refractivity contribution in [3.05, 3.63) is 64.7 Å². The molecule has 0 aliphatic heterocycles. The normalized spacial score (nSPS) is 10.7. The molecule has 1 aromatic carbocycles. The Hall–Kier alpha value is -3.02. The van der Waals surface area contributed by atoms with Crippen LogP contribution in [0.15, 0.2) is 53.6 Å². The molecule has 0 saturated carbocycles. The zero-order valence-corrected chi connectivity index (χ0v) is 13.4. The maximum absolute atomic E-state index is 12.0. The topological polar surface area (TPSA) is 76.1 Å². The number of pyridine rings is 1. The number of fused-ring (bicyclic) bond motifs is 1. The van der Waals surface area contributed by atoms with Crippen LogP contribution in [0.3, 0.4) is 0 Å². The Morgan fingerprint density at radius 2 is 2.12 bits per heavy atom. The molecule has 0 radical (unpaired) electrons. The van der Waals surface area contributed by atoms with E-state index in [2.05, 4.69) is 33.1 Å². The molecule has 6 heteroatoms. The average molecular weight is 325 g/mol. The molecule has 3 aromatic rings. The number of ether oxygens (including phenoxy) is 1. The Bertz CT molecular complexity index is 911. The fourth-order valence-corrected chi connectivity index (χ4v) is 2.63. The number of H-pyrrole nitrogens is 1. The highest BCUT2D eigenvalue weighted by atomic mass is 16.5. The number of hydrogen-bond acceptors (Lipinski definition) is 3. The Balaban J connectivity index is 1.54. The second-order valence-corrected chi connectivity index (χ2v) is 5.46. The van der Waals surface area contributed by atoms with Gasteiger partial charge >= 0.3 is 0 Å². The van der Waals surface area contributed by atoms with Crippen LogP contribution >= 0.6 is 0 Å². The molecule has 0 fully saturated rings. The summed E-state index contributed by atoms with van der Waals surface area (Å²) in [5, 5.41) is 4.02. The lowest BCUT2D eigenvalue weighted by molar-refractivity contribution is 0.0947. The number of aryl methyl sites for hydroxylation is 1. The number of nitrogens with zero attached hydrogens (tertiary/aromatic N) is 1. The molecule has 124 valence electrons. The molecule has 0 saturated heterocycles. The van der Waals surface area contributed by atoms with Crippen LogP contribution in [0.2, 0.25) is 0 Å². The van der Waals surface area contributed by atoms with Crippen LogP contribution in [0.5, 0.6) is 5.75 Å². The van der Waals surface area contributed by atoms with E-state index in [9.17, 15) is 9.59 Å². The van der Waals surface area contributed by atoms with Gasteiger partial charge in [0.25, 0.3) is 5.91 Å². The summed E-state index contributed by atoms with van der Waals surface area (Å²) >= 11 is 0. The molecule has 24 heavy (non-hydrogen) atoms. The van der Waals surface area contributed by atoms with E-state index in [-0.39, 0.29) is 22.8 Å². The zero-order chi connectivity index (χ0) is 16.9. The number of carbonyl (C=O) groups is 1. The van der Waals surface area contributed by atoms with Crippen LogP contribution in [0.25, 0.3) is 10.9 Å². The highest BCUT2D eigenvalue weighted by Gasteiger charge is 2.08. The molecule has 0 bridgehead atoms. The summed E-state index contributed by atoms with van der Waals surface area (Å²) in [6.45, 7) is 1.34. The summed E-state index contributed by atoms with van der Waals surface area (Å²) in [7, 11) is 1.41. The fraction of sp³-hybridized carbons (Fsp3) is 0.222. The van der Waals surface area contributed by atoms with Crippen LogP contribution in [0, 0.1) is 0 Å². The molecular weight excluding hydrogens is 306 g/mol. The van der Waals surface area contributed by atoms with Crippen LogP contribution in [-0.4, -0.2) is 29.1 Å². The predicted octanol–water partition coefficient (Wildman–Crippen LogP) is 2.16. The Labute approximate surface area is 139 Å². The lowest BCUT2D eigenvalue weighted by atomic mass is 10.2. The number of methoxy groups -OCH3 is 1. The number of amides is 1. The van der Waals surface area contributed by atoms with Crippen molar-refractivity contribution < 1.29 is 9.53 Å². The number of nitrogens with one attached hydrogen (secondary N) is 2. The number of hydrogen-bond donors (Lipinski definition) is 2. The van der Waals surface area contributed by atoms with Gasteiger partial charge in [-0.2, -0.15) is 0 Å². The van der Waals surface area contributed by atoms with Gasteiger partial charge in [-0.25, -0.2) is 0 Å². The van der Waals surface area contributed by atoms with E-state index in [1.54, 1.807) is 0 Å². The van der Waals surface area contributed by atoms with Gasteiger partial charge < -0.3 is 19.6 Å². The van der Waals surface area contributed by atoms with Gasteiger partial charge in [0, 0.05) is 37.1 Å². The van der Waals surface area contributed by atoms with E-state index >= 15 is 0 Å². The molecule has 0 spiro atoms. The first-order chi connectivity index (χ1) is 11.7. The first kappa shape index (κ1) is 15.9. The van der Waals surface area contributed by atoms with Crippen molar-refractivity contribution in [2.45, 2.75) is 13.0 Å². The highest BCUT2D eigenvalue weighted by molar-refractivity contribution is 5.92. The van der Waals surface area contributed by atoms with Crippen molar-refractivity contribution >= 4 is 16.8 Å². The fourth-order valence-electron chi connectivity index (χ4n) is 2.63. The quantitative estimate of drug-likeness (QED) is 0.682. The summed E-state index contributed by atoms with van der Waals surface area (Å²) < 4.78 is 7.04. The molecule has 3 rings (SSSR count). The number of rotatable bonds is 6. The second-order valence-electron chi connectivity index (χ2n) is 5.46. The molecule has 1 amide bonds. The van der Waals surface area contributed by atoms with Gasteiger partial charge in [-0.15, -0.1) is 0 Å². The van der Waals surface area contributed by atoms with Gasteiger partial charge in [0.15, 0.2) is 5.75 Å². The summed E-state index contributed by atoms with van der Waals surface area (Å²) in [6, 6.07) is 11.5. The molecule has 2 aromatic heterocycles. The molecular formula is C18H19N3O3. The zero-order valence-electron chi connectivity index (χ0n) is 13.4. The largest absolute Gasteiger partial charge is 0.491 e. The molecule has 2 heterocycles. The summed E-state index contributed by atoms with van der Waals surface area (Å²) in [4.78, 5) is 26.5. The van der Waals surface area contributed by atoms with Crippen molar-refractivity contribution in [3.8, 4) is 5.75 Å². The molecule has 6 nitrogen and oxygen atoms in total. The smallest absolute Gasteiger partial charge is 0.267 e. The highest BCUT2D eigenvalue weighted by Crippen LogP contribution is 2.15. The average Bonchev–Trinajstić information content (AvgIpc) is 3.01. The minimum atomic E-state index is -0.319. The molecule has 0 aliphatic carbocycles. The first-order valence-corrected chi connectivity index (χ1v) is 7.78. The van der Waals surface area contributed by atoms with Crippen LogP contribution in [0.4, 0.5) is 0 Å². The van der Waals surface area contributed by atoms with E-state index in [1.165, 1.54) is 30.3 Å². The third-order valence-electron chi connectivity index (χ3n) is 3.88. The molecule has 0 unspecified atom stereocenters. The van der Waals surface area contributed by atoms with Gasteiger partial charge in [-0.1, -0.05) is 18.2 Å². The molecule has 0 aliphatic rings. The van der Waals surface area contributed by atoms with Crippen LogP contribution in [-0.2, 0) is 6.54 Å². The second kappa shape index (κ2) is 7.04. The van der Waals surface area contributed by atoms with Crippen LogP contribution in [0.1, 0.15) is 16.9 Å². The van der Waals surface area contributed by atoms with E-state index in [4.69, 9.17) is 4.74 Å². The predicted molar refractivity (Wildman–Crippen MR) is 92.5 cm³/mol. The number of benzene rings is 1. The Kier molecular flexibility index (Phi) is 4.65. The maximum Gasteiger partial charge on any atom is 0.267 e. The van der Waals surface area contributed by atoms with Gasteiger partial charge in [0.1, 0.15) is 5.69 Å².